The minimum atomic E-state index is -0.842. The van der Waals surface area contributed by atoms with E-state index in [1.165, 1.54) is 0 Å². The van der Waals surface area contributed by atoms with Gasteiger partial charge in [0.05, 0.1) is 0 Å². The lowest BCUT2D eigenvalue weighted by Gasteiger charge is -2.08. The van der Waals surface area contributed by atoms with E-state index in [2.05, 4.69) is 15.9 Å². The van der Waals surface area contributed by atoms with Crippen molar-refractivity contribution in [2.75, 3.05) is 0 Å². The Morgan fingerprint density at radius 1 is 1.40 bits per heavy atom. The molecule has 0 radical (unpaired) electrons. The van der Waals surface area contributed by atoms with Gasteiger partial charge in [0.1, 0.15) is 0 Å². The zero-order chi connectivity index (χ0) is 11.4. The molecule has 3 heteroatoms. The van der Waals surface area contributed by atoms with E-state index in [0.717, 1.165) is 15.6 Å². The third-order valence-corrected chi connectivity index (χ3v) is 3.03. The second-order valence-electron chi connectivity index (χ2n) is 3.24. The molecular formula is C12H13BrO2. The Balaban J connectivity index is 3.28. The Hall–Kier alpha value is -1.09. The van der Waals surface area contributed by atoms with Crippen molar-refractivity contribution >= 4 is 27.5 Å². The summed E-state index contributed by atoms with van der Waals surface area (Å²) in [6, 6.07) is 7.64. The molecule has 0 heterocycles. The Morgan fingerprint density at radius 2 is 2.00 bits per heavy atom. The number of carbonyl (C=O) groups is 1. The highest BCUT2D eigenvalue weighted by atomic mass is 79.9. The molecule has 0 aromatic heterocycles. The molecule has 0 aliphatic rings. The van der Waals surface area contributed by atoms with Crippen LogP contribution in [0, 0.1) is 0 Å². The summed E-state index contributed by atoms with van der Waals surface area (Å²) in [6.45, 7) is 3.69. The Kier molecular flexibility index (Phi) is 4.09. The molecule has 0 aliphatic carbocycles. The number of carboxylic acids is 1. The van der Waals surface area contributed by atoms with E-state index in [1.807, 2.05) is 38.1 Å². The standard InChI is InChI=1S/C12H13BrO2/c1-3-9(12(14)15)8(2)10-6-4-5-7-11(10)13/h4-7H,3H2,1-2H3,(H,14,15). The normalized spacial score (nSPS) is 12.2. The highest BCUT2D eigenvalue weighted by Crippen LogP contribution is 2.27. The van der Waals surface area contributed by atoms with Crippen LogP contribution in [0.2, 0.25) is 0 Å². The Bertz CT molecular complexity index is 408. The van der Waals surface area contributed by atoms with Crippen LogP contribution in [0.15, 0.2) is 34.3 Å². The summed E-state index contributed by atoms with van der Waals surface area (Å²) in [7, 11) is 0. The van der Waals surface area contributed by atoms with Crippen molar-refractivity contribution in [1.29, 1.82) is 0 Å². The maximum Gasteiger partial charge on any atom is 0.331 e. The van der Waals surface area contributed by atoms with E-state index >= 15 is 0 Å². The Morgan fingerprint density at radius 3 is 2.47 bits per heavy atom. The fourth-order valence-corrected chi connectivity index (χ4v) is 2.09. The summed E-state index contributed by atoms with van der Waals surface area (Å²) < 4.78 is 0.926. The molecule has 1 aromatic carbocycles. The molecule has 0 aliphatic heterocycles. The summed E-state index contributed by atoms with van der Waals surface area (Å²) >= 11 is 3.42. The number of hydrogen-bond acceptors (Lipinski definition) is 1. The fourth-order valence-electron chi connectivity index (χ4n) is 1.50. The van der Waals surface area contributed by atoms with E-state index in [0.29, 0.717) is 12.0 Å². The highest BCUT2D eigenvalue weighted by Gasteiger charge is 2.11. The maximum atomic E-state index is 11.0. The first-order chi connectivity index (χ1) is 7.07. The zero-order valence-corrected chi connectivity index (χ0v) is 10.3. The van der Waals surface area contributed by atoms with Gasteiger partial charge in [-0.05, 0) is 30.5 Å². The fraction of sp³-hybridized carbons (Fsp3) is 0.250. The van der Waals surface area contributed by atoms with E-state index in [4.69, 9.17) is 5.11 Å². The first-order valence-electron chi connectivity index (χ1n) is 4.75. The van der Waals surface area contributed by atoms with E-state index in [9.17, 15) is 4.79 Å². The lowest BCUT2D eigenvalue weighted by Crippen LogP contribution is -2.02. The second-order valence-corrected chi connectivity index (χ2v) is 4.10. The van der Waals surface area contributed by atoms with Gasteiger partial charge in [-0.2, -0.15) is 0 Å². The van der Waals surface area contributed by atoms with Gasteiger partial charge in [-0.3, -0.25) is 0 Å². The largest absolute Gasteiger partial charge is 0.478 e. The lowest BCUT2D eigenvalue weighted by molar-refractivity contribution is -0.132. The Labute approximate surface area is 97.8 Å². The van der Waals surface area contributed by atoms with Crippen molar-refractivity contribution in [3.05, 3.63) is 39.9 Å². The van der Waals surface area contributed by atoms with Gasteiger partial charge in [0, 0.05) is 10.0 Å². The van der Waals surface area contributed by atoms with Crippen molar-refractivity contribution < 1.29 is 9.90 Å². The predicted octanol–water partition coefficient (Wildman–Crippen LogP) is 3.72. The molecule has 2 nitrogen and oxygen atoms in total. The number of aliphatic carboxylic acids is 1. The van der Waals surface area contributed by atoms with Crippen LogP contribution in [0.1, 0.15) is 25.8 Å². The third-order valence-electron chi connectivity index (χ3n) is 2.34. The van der Waals surface area contributed by atoms with Crippen LogP contribution < -0.4 is 0 Å². The summed E-state index contributed by atoms with van der Waals surface area (Å²) in [5, 5.41) is 9.02. The second kappa shape index (κ2) is 5.12. The van der Waals surface area contributed by atoms with Crippen LogP contribution in [0.3, 0.4) is 0 Å². The van der Waals surface area contributed by atoms with Crippen molar-refractivity contribution in [2.45, 2.75) is 20.3 Å². The summed E-state index contributed by atoms with van der Waals surface area (Å²) in [4.78, 5) is 11.0. The molecule has 0 unspecified atom stereocenters. The topological polar surface area (TPSA) is 37.3 Å². The number of rotatable bonds is 3. The smallest absolute Gasteiger partial charge is 0.331 e. The number of carboxylic acid groups (broad SMARTS) is 1. The minimum Gasteiger partial charge on any atom is -0.478 e. The third kappa shape index (κ3) is 2.69. The van der Waals surface area contributed by atoms with Crippen molar-refractivity contribution in [2.24, 2.45) is 0 Å². The van der Waals surface area contributed by atoms with Gasteiger partial charge in [0.25, 0.3) is 0 Å². The first kappa shape index (κ1) is 12.0. The van der Waals surface area contributed by atoms with Gasteiger partial charge >= 0.3 is 5.97 Å². The summed E-state index contributed by atoms with van der Waals surface area (Å²) in [6.07, 6.45) is 0.530. The van der Waals surface area contributed by atoms with Gasteiger partial charge < -0.3 is 5.11 Å². The van der Waals surface area contributed by atoms with Crippen LogP contribution in [-0.4, -0.2) is 11.1 Å². The van der Waals surface area contributed by atoms with Gasteiger partial charge in [-0.25, -0.2) is 4.79 Å². The van der Waals surface area contributed by atoms with E-state index < -0.39 is 5.97 Å². The molecule has 0 bridgehead atoms. The average Bonchev–Trinajstić information content (AvgIpc) is 2.18. The van der Waals surface area contributed by atoms with Crippen LogP contribution >= 0.6 is 15.9 Å². The molecule has 80 valence electrons. The monoisotopic (exact) mass is 268 g/mol. The highest BCUT2D eigenvalue weighted by molar-refractivity contribution is 9.10. The van der Waals surface area contributed by atoms with Crippen molar-refractivity contribution in [3.8, 4) is 0 Å². The van der Waals surface area contributed by atoms with Crippen molar-refractivity contribution in [1.82, 2.24) is 0 Å². The molecule has 15 heavy (non-hydrogen) atoms. The molecule has 1 rings (SSSR count). The molecule has 0 atom stereocenters. The number of allylic oxidation sites excluding steroid dienone is 1. The van der Waals surface area contributed by atoms with Gasteiger partial charge in [-0.15, -0.1) is 0 Å². The molecule has 0 saturated heterocycles. The molecular weight excluding hydrogens is 256 g/mol. The number of halogens is 1. The molecule has 1 N–H and O–H groups in total. The average molecular weight is 269 g/mol. The van der Waals surface area contributed by atoms with Gasteiger partial charge in [0.2, 0.25) is 0 Å². The molecule has 1 aromatic rings. The van der Waals surface area contributed by atoms with Crippen LogP contribution in [0.5, 0.6) is 0 Å². The van der Waals surface area contributed by atoms with E-state index in [-0.39, 0.29) is 0 Å². The van der Waals surface area contributed by atoms with E-state index in [1.54, 1.807) is 0 Å². The van der Waals surface area contributed by atoms with Gasteiger partial charge in [-0.1, -0.05) is 41.1 Å². The SMILES string of the molecule is CCC(C(=O)O)=C(C)c1ccccc1Br. The molecule has 0 fully saturated rings. The zero-order valence-electron chi connectivity index (χ0n) is 8.75. The van der Waals surface area contributed by atoms with Crippen LogP contribution in [0.4, 0.5) is 0 Å². The van der Waals surface area contributed by atoms with Gasteiger partial charge in [0.15, 0.2) is 0 Å². The van der Waals surface area contributed by atoms with Crippen molar-refractivity contribution in [3.63, 3.8) is 0 Å². The van der Waals surface area contributed by atoms with Crippen LogP contribution in [-0.2, 0) is 4.79 Å². The number of hydrogen-bond donors (Lipinski definition) is 1. The quantitative estimate of drug-likeness (QED) is 0.849. The predicted molar refractivity (Wildman–Crippen MR) is 64.7 cm³/mol. The first-order valence-corrected chi connectivity index (χ1v) is 5.55. The lowest BCUT2D eigenvalue weighted by atomic mass is 10.00. The number of benzene rings is 1. The summed E-state index contributed by atoms with van der Waals surface area (Å²) in [5.74, 6) is -0.842. The molecule has 0 saturated carbocycles. The minimum absolute atomic E-state index is 0.460. The molecule has 0 spiro atoms. The summed E-state index contributed by atoms with van der Waals surface area (Å²) in [5.41, 5.74) is 2.22. The maximum absolute atomic E-state index is 11.0. The van der Waals surface area contributed by atoms with Crippen LogP contribution in [0.25, 0.3) is 5.57 Å². The molecule has 0 amide bonds.